The lowest BCUT2D eigenvalue weighted by Crippen LogP contribution is -1.89. The van der Waals surface area contributed by atoms with E-state index in [1.54, 1.807) is 12.4 Å². The zero-order valence-electron chi connectivity index (χ0n) is 17.2. The molecule has 0 saturated carbocycles. The fraction of sp³-hybridized carbons (Fsp3) is 0.0357. The van der Waals surface area contributed by atoms with E-state index < -0.39 is 0 Å². The van der Waals surface area contributed by atoms with Gasteiger partial charge in [-0.2, -0.15) is 0 Å². The van der Waals surface area contributed by atoms with Crippen LogP contribution in [0, 0.1) is 6.92 Å². The van der Waals surface area contributed by atoms with Crippen LogP contribution in [0.2, 0.25) is 0 Å². The molecule has 0 unspecified atom stereocenters. The van der Waals surface area contributed by atoms with Crippen LogP contribution in [0.25, 0.3) is 44.9 Å². The van der Waals surface area contributed by atoms with Crippen molar-refractivity contribution in [1.82, 2.24) is 15.0 Å². The molecule has 0 atom stereocenters. The van der Waals surface area contributed by atoms with Crippen molar-refractivity contribution in [2.75, 3.05) is 0 Å². The predicted molar refractivity (Wildman–Crippen MR) is 126 cm³/mol. The molecule has 31 heavy (non-hydrogen) atoms. The van der Waals surface area contributed by atoms with Crippen molar-refractivity contribution in [3.8, 4) is 44.9 Å². The molecule has 0 spiro atoms. The Labute approximate surface area is 182 Å². The summed E-state index contributed by atoms with van der Waals surface area (Å²) in [6.45, 7) is 2.12. The van der Waals surface area contributed by atoms with E-state index in [1.807, 2.05) is 30.5 Å². The maximum Gasteiger partial charge on any atom is 0.159 e. The van der Waals surface area contributed by atoms with Crippen LogP contribution in [0.5, 0.6) is 0 Å². The Morgan fingerprint density at radius 3 is 1.84 bits per heavy atom. The maximum absolute atomic E-state index is 4.74. The molecule has 5 rings (SSSR count). The number of rotatable bonds is 4. The molecule has 0 saturated heterocycles. The smallest absolute Gasteiger partial charge is 0.159 e. The molecule has 2 heterocycles. The van der Waals surface area contributed by atoms with E-state index in [2.05, 4.69) is 83.6 Å². The van der Waals surface area contributed by atoms with Crippen LogP contribution < -0.4 is 0 Å². The zero-order chi connectivity index (χ0) is 21.0. The van der Waals surface area contributed by atoms with Crippen LogP contribution in [0.1, 0.15) is 5.56 Å². The number of pyridine rings is 1. The van der Waals surface area contributed by atoms with Crippen LogP contribution in [0.3, 0.4) is 0 Å². The van der Waals surface area contributed by atoms with E-state index in [-0.39, 0.29) is 0 Å². The van der Waals surface area contributed by atoms with Crippen LogP contribution >= 0.6 is 0 Å². The SMILES string of the molecule is Cc1cc(-c2ccc(-c3ncccn3)cc2)cc(-c2ccc(-c3ccccc3)cn2)c1. The molecular formula is C28H21N3. The molecule has 0 aliphatic carbocycles. The second kappa shape index (κ2) is 8.33. The average molecular weight is 399 g/mol. The van der Waals surface area contributed by atoms with Crippen molar-refractivity contribution in [3.05, 3.63) is 115 Å². The summed E-state index contributed by atoms with van der Waals surface area (Å²) in [6, 6.07) is 31.3. The van der Waals surface area contributed by atoms with Crippen molar-refractivity contribution < 1.29 is 0 Å². The monoisotopic (exact) mass is 399 g/mol. The zero-order valence-corrected chi connectivity index (χ0v) is 17.2. The second-order valence-corrected chi connectivity index (χ2v) is 7.54. The van der Waals surface area contributed by atoms with E-state index in [0.29, 0.717) is 0 Å². The number of aryl methyl sites for hydroxylation is 1. The highest BCUT2D eigenvalue weighted by molar-refractivity contribution is 5.75. The molecule has 0 aliphatic rings. The Morgan fingerprint density at radius 2 is 1.13 bits per heavy atom. The molecule has 0 aliphatic heterocycles. The Balaban J connectivity index is 1.45. The fourth-order valence-electron chi connectivity index (χ4n) is 3.72. The van der Waals surface area contributed by atoms with Crippen LogP contribution in [0.4, 0.5) is 0 Å². The normalized spacial score (nSPS) is 10.7. The minimum Gasteiger partial charge on any atom is -0.256 e. The van der Waals surface area contributed by atoms with Gasteiger partial charge >= 0.3 is 0 Å². The molecule has 0 N–H and O–H groups in total. The van der Waals surface area contributed by atoms with E-state index in [1.165, 1.54) is 16.7 Å². The predicted octanol–water partition coefficient (Wildman–Crippen LogP) is 6.85. The molecule has 3 aromatic carbocycles. The summed E-state index contributed by atoms with van der Waals surface area (Å²) < 4.78 is 0. The van der Waals surface area contributed by atoms with E-state index in [4.69, 9.17) is 4.98 Å². The number of hydrogen-bond acceptors (Lipinski definition) is 3. The van der Waals surface area contributed by atoms with Gasteiger partial charge in [0.1, 0.15) is 0 Å². The van der Waals surface area contributed by atoms with Gasteiger partial charge in [-0.05, 0) is 53.4 Å². The molecule has 3 nitrogen and oxygen atoms in total. The summed E-state index contributed by atoms with van der Waals surface area (Å²) in [5.74, 6) is 0.738. The van der Waals surface area contributed by atoms with E-state index >= 15 is 0 Å². The Kier molecular flexibility index (Phi) is 5.07. The van der Waals surface area contributed by atoms with Gasteiger partial charge in [0.25, 0.3) is 0 Å². The minimum atomic E-state index is 0.738. The molecular weight excluding hydrogens is 378 g/mol. The van der Waals surface area contributed by atoms with Gasteiger partial charge < -0.3 is 0 Å². The summed E-state index contributed by atoms with van der Waals surface area (Å²) in [4.78, 5) is 13.4. The van der Waals surface area contributed by atoms with Crippen LogP contribution in [-0.2, 0) is 0 Å². The van der Waals surface area contributed by atoms with Gasteiger partial charge in [-0.25, -0.2) is 9.97 Å². The van der Waals surface area contributed by atoms with Crippen LogP contribution in [0.15, 0.2) is 110 Å². The first kappa shape index (κ1) is 18.9. The molecule has 0 bridgehead atoms. The number of benzene rings is 3. The van der Waals surface area contributed by atoms with Gasteiger partial charge in [-0.3, -0.25) is 4.98 Å². The van der Waals surface area contributed by atoms with Gasteiger partial charge in [-0.15, -0.1) is 0 Å². The molecule has 0 radical (unpaired) electrons. The molecule has 5 aromatic rings. The molecule has 0 fully saturated rings. The van der Waals surface area contributed by atoms with Crippen molar-refractivity contribution in [2.45, 2.75) is 6.92 Å². The third-order valence-corrected chi connectivity index (χ3v) is 5.29. The van der Waals surface area contributed by atoms with Gasteiger partial charge in [0.15, 0.2) is 5.82 Å². The van der Waals surface area contributed by atoms with Crippen molar-refractivity contribution in [2.24, 2.45) is 0 Å². The largest absolute Gasteiger partial charge is 0.256 e. The second-order valence-electron chi connectivity index (χ2n) is 7.54. The van der Waals surface area contributed by atoms with Gasteiger partial charge in [0, 0.05) is 35.3 Å². The summed E-state index contributed by atoms with van der Waals surface area (Å²) in [7, 11) is 0. The Bertz CT molecular complexity index is 1190. The highest BCUT2D eigenvalue weighted by atomic mass is 14.8. The Hall–Kier alpha value is -4.11. The highest BCUT2D eigenvalue weighted by Crippen LogP contribution is 2.29. The summed E-state index contributed by atoms with van der Waals surface area (Å²) in [6.07, 6.45) is 5.47. The summed E-state index contributed by atoms with van der Waals surface area (Å²) >= 11 is 0. The lowest BCUT2D eigenvalue weighted by Gasteiger charge is -2.09. The van der Waals surface area contributed by atoms with Crippen molar-refractivity contribution in [3.63, 3.8) is 0 Å². The Morgan fingerprint density at radius 1 is 0.484 bits per heavy atom. The molecule has 3 heteroatoms. The first-order valence-electron chi connectivity index (χ1n) is 10.3. The van der Waals surface area contributed by atoms with E-state index in [9.17, 15) is 0 Å². The molecule has 148 valence electrons. The van der Waals surface area contributed by atoms with E-state index in [0.717, 1.165) is 33.8 Å². The van der Waals surface area contributed by atoms with Gasteiger partial charge in [-0.1, -0.05) is 66.7 Å². The fourth-order valence-corrected chi connectivity index (χ4v) is 3.72. The quantitative estimate of drug-likeness (QED) is 0.332. The third-order valence-electron chi connectivity index (χ3n) is 5.29. The van der Waals surface area contributed by atoms with Crippen LogP contribution in [-0.4, -0.2) is 15.0 Å². The maximum atomic E-state index is 4.74. The lowest BCUT2D eigenvalue weighted by atomic mass is 9.97. The topological polar surface area (TPSA) is 38.7 Å². The van der Waals surface area contributed by atoms with Crippen molar-refractivity contribution in [1.29, 1.82) is 0 Å². The third kappa shape index (κ3) is 4.12. The molecule has 0 amide bonds. The first-order chi connectivity index (χ1) is 15.3. The number of hydrogen-bond donors (Lipinski definition) is 0. The standard InChI is InChI=1S/C28H21N3/c1-20-16-25(22-8-10-23(11-9-22)28-29-14-5-15-30-28)18-26(17-20)27-13-12-24(19-31-27)21-6-3-2-4-7-21/h2-19H,1H3. The van der Waals surface area contributed by atoms with Gasteiger partial charge in [0.05, 0.1) is 5.69 Å². The minimum absolute atomic E-state index is 0.738. The van der Waals surface area contributed by atoms with Gasteiger partial charge in [0.2, 0.25) is 0 Å². The highest BCUT2D eigenvalue weighted by Gasteiger charge is 2.07. The number of nitrogens with zero attached hydrogens (tertiary/aromatic N) is 3. The molecule has 2 aromatic heterocycles. The average Bonchev–Trinajstić information content (AvgIpc) is 2.85. The lowest BCUT2D eigenvalue weighted by molar-refractivity contribution is 1.18. The summed E-state index contributed by atoms with van der Waals surface area (Å²) in [5, 5.41) is 0. The summed E-state index contributed by atoms with van der Waals surface area (Å²) in [5.41, 5.74) is 8.93. The number of aromatic nitrogens is 3. The first-order valence-corrected chi connectivity index (χ1v) is 10.3. The van der Waals surface area contributed by atoms with Crippen molar-refractivity contribution >= 4 is 0 Å².